The van der Waals surface area contributed by atoms with Crippen molar-refractivity contribution < 1.29 is 13.5 Å². The molecule has 0 N–H and O–H groups in total. The van der Waals surface area contributed by atoms with E-state index in [-0.39, 0.29) is 5.56 Å². The van der Waals surface area contributed by atoms with Crippen LogP contribution >= 0.6 is 27.5 Å². The van der Waals surface area contributed by atoms with E-state index in [4.69, 9.17) is 16.3 Å². The minimum atomic E-state index is -0.728. The van der Waals surface area contributed by atoms with Crippen LogP contribution in [0.3, 0.4) is 0 Å². The van der Waals surface area contributed by atoms with Crippen molar-refractivity contribution in [1.29, 1.82) is 0 Å². The second-order valence-electron chi connectivity index (χ2n) is 5.07. The van der Waals surface area contributed by atoms with Crippen LogP contribution in [0.2, 0.25) is 0 Å². The zero-order valence-electron chi connectivity index (χ0n) is 11.2. The van der Waals surface area contributed by atoms with Crippen LogP contribution in [0.1, 0.15) is 27.6 Å². The summed E-state index contributed by atoms with van der Waals surface area (Å²) < 4.78 is 33.9. The quantitative estimate of drug-likeness (QED) is 0.649. The molecule has 1 aliphatic rings. The van der Waals surface area contributed by atoms with Crippen molar-refractivity contribution in [2.45, 2.75) is 18.7 Å². The highest BCUT2D eigenvalue weighted by Crippen LogP contribution is 2.42. The van der Waals surface area contributed by atoms with Crippen LogP contribution in [0.5, 0.6) is 5.75 Å². The molecule has 5 heteroatoms. The molecule has 0 bridgehead atoms. The standard InChI is InChI=1S/C16H12BrClF2O/c1-8-4-11(14(20)7-13(8)19)15(18)12-6-10(17)5-9-2-3-21-16(9)12/h4-7,15H,2-3H2,1H3. The first-order chi connectivity index (χ1) is 9.97. The lowest BCUT2D eigenvalue weighted by Crippen LogP contribution is -2.02. The van der Waals surface area contributed by atoms with E-state index < -0.39 is 17.0 Å². The Morgan fingerprint density at radius 2 is 1.90 bits per heavy atom. The number of hydrogen-bond donors (Lipinski definition) is 0. The van der Waals surface area contributed by atoms with Gasteiger partial charge in [-0.1, -0.05) is 15.9 Å². The van der Waals surface area contributed by atoms with Gasteiger partial charge >= 0.3 is 0 Å². The van der Waals surface area contributed by atoms with Crippen molar-refractivity contribution in [3.05, 3.63) is 62.6 Å². The highest BCUT2D eigenvalue weighted by atomic mass is 79.9. The highest BCUT2D eigenvalue weighted by Gasteiger charge is 2.25. The topological polar surface area (TPSA) is 9.23 Å². The Bertz CT molecular complexity index is 718. The first-order valence-electron chi connectivity index (χ1n) is 6.52. The molecule has 0 saturated heterocycles. The first-order valence-corrected chi connectivity index (χ1v) is 7.75. The minimum absolute atomic E-state index is 0.256. The Morgan fingerprint density at radius 1 is 1.14 bits per heavy atom. The fraction of sp³-hybridized carbons (Fsp3) is 0.250. The Labute approximate surface area is 135 Å². The van der Waals surface area contributed by atoms with Gasteiger partial charge in [0.05, 0.1) is 12.0 Å². The summed E-state index contributed by atoms with van der Waals surface area (Å²) in [4.78, 5) is 0. The van der Waals surface area contributed by atoms with E-state index in [0.29, 0.717) is 23.5 Å². The van der Waals surface area contributed by atoms with Gasteiger partial charge in [0, 0.05) is 28.1 Å². The fourth-order valence-corrected chi connectivity index (χ4v) is 3.38. The highest BCUT2D eigenvalue weighted by molar-refractivity contribution is 9.10. The van der Waals surface area contributed by atoms with Gasteiger partial charge in [0.2, 0.25) is 0 Å². The van der Waals surface area contributed by atoms with Crippen molar-refractivity contribution in [1.82, 2.24) is 0 Å². The molecule has 0 fully saturated rings. The number of alkyl halides is 1. The second-order valence-corrected chi connectivity index (χ2v) is 6.42. The molecule has 1 aliphatic heterocycles. The summed E-state index contributed by atoms with van der Waals surface area (Å²) in [7, 11) is 0. The molecule has 0 saturated carbocycles. The van der Waals surface area contributed by atoms with E-state index >= 15 is 0 Å². The van der Waals surface area contributed by atoms with E-state index in [1.165, 1.54) is 6.07 Å². The number of benzene rings is 2. The molecule has 3 rings (SSSR count). The summed E-state index contributed by atoms with van der Waals surface area (Å²) in [5, 5.41) is -0.728. The minimum Gasteiger partial charge on any atom is -0.493 e. The second kappa shape index (κ2) is 5.58. The summed E-state index contributed by atoms with van der Waals surface area (Å²) in [6.45, 7) is 2.18. The number of rotatable bonds is 2. The van der Waals surface area contributed by atoms with Crippen molar-refractivity contribution in [3.8, 4) is 5.75 Å². The van der Waals surface area contributed by atoms with Crippen LogP contribution in [0, 0.1) is 18.6 Å². The van der Waals surface area contributed by atoms with Crippen LogP contribution in [0.4, 0.5) is 8.78 Å². The van der Waals surface area contributed by atoms with Gasteiger partial charge < -0.3 is 4.74 Å². The smallest absolute Gasteiger partial charge is 0.131 e. The fourth-order valence-electron chi connectivity index (χ4n) is 2.53. The molecule has 1 atom stereocenters. The maximum Gasteiger partial charge on any atom is 0.131 e. The van der Waals surface area contributed by atoms with Crippen LogP contribution in [-0.2, 0) is 6.42 Å². The average molecular weight is 374 g/mol. The largest absolute Gasteiger partial charge is 0.493 e. The van der Waals surface area contributed by atoms with Crippen LogP contribution in [-0.4, -0.2) is 6.61 Å². The molecule has 0 aliphatic carbocycles. The molecule has 0 radical (unpaired) electrons. The van der Waals surface area contributed by atoms with Crippen molar-refractivity contribution in [3.63, 3.8) is 0 Å². The predicted molar refractivity (Wildman–Crippen MR) is 82.1 cm³/mol. The first kappa shape index (κ1) is 14.8. The number of fused-ring (bicyclic) bond motifs is 1. The summed E-state index contributed by atoms with van der Waals surface area (Å²) in [6, 6.07) is 6.12. The number of halogens is 4. The van der Waals surface area contributed by atoms with Gasteiger partial charge in [-0.3, -0.25) is 0 Å². The average Bonchev–Trinajstić information content (AvgIpc) is 2.89. The number of hydrogen-bond acceptors (Lipinski definition) is 1. The molecular formula is C16H12BrClF2O. The monoisotopic (exact) mass is 372 g/mol. The van der Waals surface area contributed by atoms with Gasteiger partial charge in [-0.25, -0.2) is 8.78 Å². The lowest BCUT2D eigenvalue weighted by atomic mass is 9.99. The van der Waals surface area contributed by atoms with E-state index in [1.807, 2.05) is 12.1 Å². The molecule has 2 aromatic rings. The lowest BCUT2D eigenvalue weighted by Gasteiger charge is -2.16. The molecule has 0 amide bonds. The third-order valence-electron chi connectivity index (χ3n) is 3.60. The maximum absolute atomic E-state index is 14.0. The molecule has 21 heavy (non-hydrogen) atoms. The van der Waals surface area contributed by atoms with Gasteiger partial charge in [-0.2, -0.15) is 0 Å². The lowest BCUT2D eigenvalue weighted by molar-refractivity contribution is 0.353. The number of aryl methyl sites for hydroxylation is 1. The van der Waals surface area contributed by atoms with Gasteiger partial charge in [0.1, 0.15) is 17.4 Å². The molecule has 1 heterocycles. The Hall–Kier alpha value is -1.13. The van der Waals surface area contributed by atoms with Crippen LogP contribution in [0.15, 0.2) is 28.7 Å². The predicted octanol–water partition coefficient (Wildman–Crippen LogP) is 5.30. The zero-order valence-corrected chi connectivity index (χ0v) is 13.6. The summed E-state index contributed by atoms with van der Waals surface area (Å²) in [6.07, 6.45) is 0.802. The van der Waals surface area contributed by atoms with Crippen molar-refractivity contribution in [2.75, 3.05) is 6.61 Å². The third kappa shape index (κ3) is 2.67. The van der Waals surface area contributed by atoms with E-state index in [1.54, 1.807) is 6.92 Å². The molecule has 1 unspecified atom stereocenters. The van der Waals surface area contributed by atoms with E-state index in [9.17, 15) is 8.78 Å². The Kier molecular flexibility index (Phi) is 3.93. The van der Waals surface area contributed by atoms with Gasteiger partial charge in [0.15, 0.2) is 0 Å². The molecule has 1 nitrogen and oxygen atoms in total. The molecule has 110 valence electrons. The summed E-state index contributed by atoms with van der Waals surface area (Å²) in [5.74, 6) is -0.514. The SMILES string of the molecule is Cc1cc(C(Cl)c2cc(Br)cc3c2OCC3)c(F)cc1F. The zero-order chi connectivity index (χ0) is 15.1. The summed E-state index contributed by atoms with van der Waals surface area (Å²) >= 11 is 9.89. The van der Waals surface area contributed by atoms with Gasteiger partial charge in [-0.05, 0) is 36.2 Å². The summed E-state index contributed by atoms with van der Waals surface area (Å²) in [5.41, 5.74) is 2.36. The molecule has 0 spiro atoms. The van der Waals surface area contributed by atoms with E-state index in [0.717, 1.165) is 22.5 Å². The molecule has 2 aromatic carbocycles. The number of ether oxygens (including phenoxy) is 1. The third-order valence-corrected chi connectivity index (χ3v) is 4.53. The Morgan fingerprint density at radius 3 is 2.67 bits per heavy atom. The van der Waals surface area contributed by atoms with Gasteiger partial charge in [-0.15, -0.1) is 11.6 Å². The van der Waals surface area contributed by atoms with Crippen molar-refractivity contribution in [2.24, 2.45) is 0 Å². The Balaban J connectivity index is 2.11. The molecule has 0 aromatic heterocycles. The van der Waals surface area contributed by atoms with Gasteiger partial charge in [0.25, 0.3) is 0 Å². The van der Waals surface area contributed by atoms with Crippen LogP contribution in [0.25, 0.3) is 0 Å². The van der Waals surface area contributed by atoms with E-state index in [2.05, 4.69) is 15.9 Å². The van der Waals surface area contributed by atoms with Crippen LogP contribution < -0.4 is 4.74 Å². The normalized spacial score (nSPS) is 14.7. The molecular weight excluding hydrogens is 362 g/mol. The van der Waals surface area contributed by atoms with Crippen molar-refractivity contribution >= 4 is 27.5 Å². The maximum atomic E-state index is 14.0.